The van der Waals surface area contributed by atoms with Gasteiger partial charge in [0.05, 0.1) is 11.4 Å². The first kappa shape index (κ1) is 13.4. The van der Waals surface area contributed by atoms with Gasteiger partial charge >= 0.3 is 0 Å². The molecule has 1 fully saturated rings. The minimum Gasteiger partial charge on any atom is -0.339 e. The number of rotatable bonds is 2. The van der Waals surface area contributed by atoms with E-state index in [0.29, 0.717) is 0 Å². The highest BCUT2D eigenvalue weighted by Gasteiger charge is 2.17. The molecular weight excluding hydrogens is 270 g/mol. The molecule has 0 spiro atoms. The topological polar surface area (TPSA) is 46.8 Å². The Morgan fingerprint density at radius 2 is 1.95 bits per heavy atom. The Labute approximate surface area is 123 Å². The number of hydrogen-bond donors (Lipinski definition) is 0. The van der Waals surface area contributed by atoms with Gasteiger partial charge in [0.1, 0.15) is 0 Å². The zero-order valence-electron chi connectivity index (χ0n) is 12.1. The molecule has 0 aliphatic carbocycles. The molecule has 1 aliphatic heterocycles. The van der Waals surface area contributed by atoms with Crippen LogP contribution in [0.3, 0.4) is 0 Å². The summed E-state index contributed by atoms with van der Waals surface area (Å²) in [5.74, 6) is 3.14. The molecule has 0 unspecified atom stereocenters. The molecule has 0 N–H and O–H groups in total. The van der Waals surface area contributed by atoms with Gasteiger partial charge in [-0.2, -0.15) is 16.9 Å². The van der Waals surface area contributed by atoms with Gasteiger partial charge in [-0.05, 0) is 19.9 Å². The predicted molar refractivity (Wildman–Crippen MR) is 83.2 cm³/mol. The van der Waals surface area contributed by atoms with Gasteiger partial charge in [0, 0.05) is 49.1 Å². The molecule has 0 atom stereocenters. The van der Waals surface area contributed by atoms with Crippen molar-refractivity contribution in [2.45, 2.75) is 13.8 Å². The minimum atomic E-state index is 0.838. The average molecular weight is 289 g/mol. The normalized spacial score (nSPS) is 15.7. The van der Waals surface area contributed by atoms with Crippen molar-refractivity contribution in [1.82, 2.24) is 19.7 Å². The van der Waals surface area contributed by atoms with Crippen LogP contribution in [0.25, 0.3) is 11.3 Å². The van der Waals surface area contributed by atoms with E-state index in [9.17, 15) is 0 Å². The Morgan fingerprint density at radius 1 is 1.20 bits per heavy atom. The maximum absolute atomic E-state index is 4.75. The number of anilines is 1. The standard InChI is InChI=1S/C14H19N5S/c1-10-13(11(2)18(3)17-10)12-4-5-15-14(16-12)19-6-8-20-9-7-19/h4-5H,6-9H2,1-3H3. The third-order valence-electron chi connectivity index (χ3n) is 3.70. The lowest BCUT2D eigenvalue weighted by molar-refractivity contribution is 0.731. The molecule has 106 valence electrons. The van der Waals surface area contributed by atoms with Gasteiger partial charge < -0.3 is 4.90 Å². The monoisotopic (exact) mass is 289 g/mol. The van der Waals surface area contributed by atoms with Gasteiger partial charge in [0.25, 0.3) is 0 Å². The highest BCUT2D eigenvalue weighted by molar-refractivity contribution is 7.99. The summed E-state index contributed by atoms with van der Waals surface area (Å²) >= 11 is 1.99. The molecule has 2 aromatic heterocycles. The average Bonchev–Trinajstić information content (AvgIpc) is 2.73. The predicted octanol–water partition coefficient (Wildman–Crippen LogP) is 2.05. The second-order valence-electron chi connectivity index (χ2n) is 5.01. The van der Waals surface area contributed by atoms with Gasteiger partial charge in [-0.15, -0.1) is 0 Å². The minimum absolute atomic E-state index is 0.838. The van der Waals surface area contributed by atoms with Gasteiger partial charge in [-0.25, -0.2) is 9.97 Å². The Hall–Kier alpha value is -1.56. The first-order valence-electron chi connectivity index (χ1n) is 6.83. The van der Waals surface area contributed by atoms with Crippen LogP contribution >= 0.6 is 11.8 Å². The fraction of sp³-hybridized carbons (Fsp3) is 0.500. The van der Waals surface area contributed by atoms with Crippen LogP contribution in [0.2, 0.25) is 0 Å². The maximum atomic E-state index is 4.75. The van der Waals surface area contributed by atoms with Crippen LogP contribution in [-0.2, 0) is 7.05 Å². The zero-order chi connectivity index (χ0) is 14.1. The van der Waals surface area contributed by atoms with Gasteiger partial charge in [-0.1, -0.05) is 0 Å². The highest BCUT2D eigenvalue weighted by Crippen LogP contribution is 2.26. The molecular formula is C14H19N5S. The summed E-state index contributed by atoms with van der Waals surface area (Å²) in [6.07, 6.45) is 1.85. The smallest absolute Gasteiger partial charge is 0.225 e. The summed E-state index contributed by atoms with van der Waals surface area (Å²) in [6, 6.07) is 1.97. The van der Waals surface area contributed by atoms with E-state index in [-0.39, 0.29) is 0 Å². The molecule has 0 aromatic carbocycles. The summed E-state index contributed by atoms with van der Waals surface area (Å²) in [5.41, 5.74) is 4.25. The van der Waals surface area contributed by atoms with E-state index in [2.05, 4.69) is 21.9 Å². The molecule has 1 saturated heterocycles. The lowest BCUT2D eigenvalue weighted by atomic mass is 10.1. The summed E-state index contributed by atoms with van der Waals surface area (Å²) in [4.78, 5) is 11.5. The summed E-state index contributed by atoms with van der Waals surface area (Å²) < 4.78 is 1.91. The number of aryl methyl sites for hydroxylation is 2. The van der Waals surface area contributed by atoms with Crippen LogP contribution in [-0.4, -0.2) is 44.3 Å². The molecule has 3 rings (SSSR count). The van der Waals surface area contributed by atoms with Crippen molar-refractivity contribution in [1.29, 1.82) is 0 Å². The Kier molecular flexibility index (Phi) is 3.65. The molecule has 0 bridgehead atoms. The van der Waals surface area contributed by atoms with Crippen molar-refractivity contribution in [3.63, 3.8) is 0 Å². The van der Waals surface area contributed by atoms with E-state index < -0.39 is 0 Å². The first-order chi connectivity index (χ1) is 9.66. The first-order valence-corrected chi connectivity index (χ1v) is 7.98. The van der Waals surface area contributed by atoms with Crippen LogP contribution in [0.15, 0.2) is 12.3 Å². The largest absolute Gasteiger partial charge is 0.339 e. The third-order valence-corrected chi connectivity index (χ3v) is 4.64. The van der Waals surface area contributed by atoms with Crippen LogP contribution in [0.5, 0.6) is 0 Å². The van der Waals surface area contributed by atoms with Crippen molar-refractivity contribution >= 4 is 17.7 Å². The Balaban J connectivity index is 1.98. The van der Waals surface area contributed by atoms with Crippen molar-refractivity contribution < 1.29 is 0 Å². The van der Waals surface area contributed by atoms with Crippen molar-refractivity contribution in [3.05, 3.63) is 23.7 Å². The van der Waals surface area contributed by atoms with E-state index in [1.165, 1.54) is 0 Å². The van der Waals surface area contributed by atoms with Crippen LogP contribution in [0, 0.1) is 13.8 Å². The molecule has 20 heavy (non-hydrogen) atoms. The highest BCUT2D eigenvalue weighted by atomic mass is 32.2. The van der Waals surface area contributed by atoms with Crippen LogP contribution < -0.4 is 4.90 Å². The lowest BCUT2D eigenvalue weighted by Gasteiger charge is -2.26. The van der Waals surface area contributed by atoms with Crippen molar-refractivity contribution in [3.8, 4) is 11.3 Å². The molecule has 0 radical (unpaired) electrons. The molecule has 2 aromatic rings. The fourth-order valence-electron chi connectivity index (χ4n) is 2.55. The number of aromatic nitrogens is 4. The van der Waals surface area contributed by atoms with Gasteiger partial charge in [0.2, 0.25) is 5.95 Å². The van der Waals surface area contributed by atoms with E-state index in [1.54, 1.807) is 0 Å². The maximum Gasteiger partial charge on any atom is 0.225 e. The SMILES string of the molecule is Cc1nn(C)c(C)c1-c1ccnc(N2CCSCC2)n1. The third kappa shape index (κ3) is 2.40. The van der Waals surface area contributed by atoms with Crippen LogP contribution in [0.1, 0.15) is 11.4 Å². The van der Waals surface area contributed by atoms with Gasteiger partial charge in [0.15, 0.2) is 0 Å². The number of hydrogen-bond acceptors (Lipinski definition) is 5. The number of thioether (sulfide) groups is 1. The fourth-order valence-corrected chi connectivity index (χ4v) is 3.45. The molecule has 6 heteroatoms. The molecule has 0 amide bonds. The lowest BCUT2D eigenvalue weighted by Crippen LogP contribution is -2.33. The Morgan fingerprint density at radius 3 is 2.60 bits per heavy atom. The summed E-state index contributed by atoms with van der Waals surface area (Å²) in [7, 11) is 1.97. The molecule has 1 aliphatic rings. The molecule has 0 saturated carbocycles. The van der Waals surface area contributed by atoms with E-state index in [1.807, 2.05) is 42.7 Å². The molecule has 3 heterocycles. The van der Waals surface area contributed by atoms with E-state index >= 15 is 0 Å². The second-order valence-corrected chi connectivity index (χ2v) is 6.24. The summed E-state index contributed by atoms with van der Waals surface area (Å²) in [6.45, 7) is 6.16. The van der Waals surface area contributed by atoms with Crippen molar-refractivity contribution in [2.24, 2.45) is 7.05 Å². The van der Waals surface area contributed by atoms with Gasteiger partial charge in [-0.3, -0.25) is 4.68 Å². The second kappa shape index (κ2) is 5.44. The van der Waals surface area contributed by atoms with Crippen molar-refractivity contribution in [2.75, 3.05) is 29.5 Å². The number of nitrogens with zero attached hydrogens (tertiary/aromatic N) is 5. The summed E-state index contributed by atoms with van der Waals surface area (Å²) in [5, 5.41) is 4.47. The van der Waals surface area contributed by atoms with E-state index in [0.717, 1.165) is 53.2 Å². The quantitative estimate of drug-likeness (QED) is 0.847. The van der Waals surface area contributed by atoms with E-state index in [4.69, 9.17) is 4.98 Å². The van der Waals surface area contributed by atoms with Crippen LogP contribution in [0.4, 0.5) is 5.95 Å². The zero-order valence-corrected chi connectivity index (χ0v) is 12.9. The Bertz CT molecular complexity index is 616. The molecule has 5 nitrogen and oxygen atoms in total.